The van der Waals surface area contributed by atoms with E-state index >= 15 is 0 Å². The molecule has 1 aromatic carbocycles. The molecule has 7 nitrogen and oxygen atoms in total. The summed E-state index contributed by atoms with van der Waals surface area (Å²) in [6.07, 6.45) is 2.30. The zero-order valence-corrected chi connectivity index (χ0v) is 15.0. The molecule has 1 unspecified atom stereocenters. The van der Waals surface area contributed by atoms with Crippen molar-refractivity contribution in [3.8, 4) is 5.75 Å². The number of hydrogen-bond donors (Lipinski definition) is 2. The molecule has 1 saturated heterocycles. The number of benzene rings is 1. The summed E-state index contributed by atoms with van der Waals surface area (Å²) in [6, 6.07) is 7.48. The van der Waals surface area contributed by atoms with E-state index in [9.17, 15) is 9.59 Å². The Kier molecular flexibility index (Phi) is 7.00. The van der Waals surface area contributed by atoms with Crippen molar-refractivity contribution < 1.29 is 19.4 Å². The van der Waals surface area contributed by atoms with Crippen molar-refractivity contribution in [2.24, 2.45) is 16.1 Å². The van der Waals surface area contributed by atoms with Crippen molar-refractivity contribution >= 4 is 35.0 Å². The molecule has 1 aliphatic heterocycles. The van der Waals surface area contributed by atoms with E-state index in [0.29, 0.717) is 17.7 Å². The Bertz CT molecular complexity index is 688. The Morgan fingerprint density at radius 1 is 1.48 bits per heavy atom. The van der Waals surface area contributed by atoms with Crippen LogP contribution in [0.25, 0.3) is 0 Å². The van der Waals surface area contributed by atoms with Gasteiger partial charge in [-0.25, -0.2) is 0 Å². The summed E-state index contributed by atoms with van der Waals surface area (Å²) in [5.74, 6) is -0.0273. The molecule has 1 fully saturated rings. The van der Waals surface area contributed by atoms with E-state index in [1.807, 2.05) is 24.3 Å². The second-order valence-electron chi connectivity index (χ2n) is 5.95. The van der Waals surface area contributed by atoms with Gasteiger partial charge < -0.3 is 15.2 Å². The maximum atomic E-state index is 11.6. The fourth-order valence-corrected chi connectivity index (χ4v) is 2.91. The van der Waals surface area contributed by atoms with E-state index in [2.05, 4.69) is 29.4 Å². The number of carbonyl (C=O) groups is 2. The van der Waals surface area contributed by atoms with Crippen molar-refractivity contribution in [2.45, 2.75) is 31.9 Å². The van der Waals surface area contributed by atoms with Crippen LogP contribution in [0.1, 0.15) is 32.3 Å². The molecule has 1 heterocycles. The number of aliphatic carboxylic acids is 1. The van der Waals surface area contributed by atoms with Gasteiger partial charge in [0.25, 0.3) is 0 Å². The Balaban J connectivity index is 1.91. The SMILES string of the molecule is CC(C)CCOc1cccc(C=NN=C2NC(=O)C(CC(=O)O)S2)c1. The summed E-state index contributed by atoms with van der Waals surface area (Å²) >= 11 is 1.07. The molecular weight excluding hydrogens is 342 g/mol. The molecule has 0 spiro atoms. The summed E-state index contributed by atoms with van der Waals surface area (Å²) < 4.78 is 5.69. The summed E-state index contributed by atoms with van der Waals surface area (Å²) in [5.41, 5.74) is 0.822. The van der Waals surface area contributed by atoms with Crippen molar-refractivity contribution in [2.75, 3.05) is 6.61 Å². The third-order valence-electron chi connectivity index (χ3n) is 3.31. The summed E-state index contributed by atoms with van der Waals surface area (Å²) in [5, 5.41) is 18.8. The minimum atomic E-state index is -1.02. The van der Waals surface area contributed by atoms with E-state index in [0.717, 1.165) is 29.5 Å². The molecule has 0 aromatic heterocycles. The van der Waals surface area contributed by atoms with Gasteiger partial charge in [-0.15, -0.1) is 5.10 Å². The van der Waals surface area contributed by atoms with Crippen molar-refractivity contribution in [3.63, 3.8) is 0 Å². The number of carbonyl (C=O) groups excluding carboxylic acids is 1. The predicted octanol–water partition coefficient (Wildman–Crippen LogP) is 2.51. The highest BCUT2D eigenvalue weighted by Gasteiger charge is 2.32. The van der Waals surface area contributed by atoms with E-state index in [1.54, 1.807) is 6.21 Å². The van der Waals surface area contributed by atoms with E-state index < -0.39 is 11.2 Å². The van der Waals surface area contributed by atoms with E-state index in [1.165, 1.54) is 0 Å². The second kappa shape index (κ2) is 9.22. The zero-order valence-electron chi connectivity index (χ0n) is 14.1. The Labute approximate surface area is 150 Å². The van der Waals surface area contributed by atoms with Crippen LogP contribution in [0.5, 0.6) is 5.75 Å². The average molecular weight is 363 g/mol. The molecule has 0 radical (unpaired) electrons. The highest BCUT2D eigenvalue weighted by molar-refractivity contribution is 8.15. The summed E-state index contributed by atoms with van der Waals surface area (Å²) in [6.45, 7) is 4.95. The van der Waals surface area contributed by atoms with Gasteiger partial charge in [-0.2, -0.15) is 5.10 Å². The number of carboxylic acid groups (broad SMARTS) is 1. The van der Waals surface area contributed by atoms with Gasteiger partial charge in [0.1, 0.15) is 11.0 Å². The molecule has 1 aromatic rings. The van der Waals surface area contributed by atoms with Crippen LogP contribution in [-0.4, -0.2) is 40.2 Å². The first-order valence-corrected chi connectivity index (χ1v) is 8.85. The van der Waals surface area contributed by atoms with Crippen molar-refractivity contribution in [1.82, 2.24) is 5.32 Å². The van der Waals surface area contributed by atoms with Gasteiger partial charge in [-0.05, 0) is 30.0 Å². The van der Waals surface area contributed by atoms with Gasteiger partial charge in [0.2, 0.25) is 5.91 Å². The maximum Gasteiger partial charge on any atom is 0.305 e. The van der Waals surface area contributed by atoms with Crippen LogP contribution in [0.15, 0.2) is 34.5 Å². The molecule has 134 valence electrons. The quantitative estimate of drug-likeness (QED) is 0.546. The lowest BCUT2D eigenvalue weighted by Gasteiger charge is -2.08. The standard InChI is InChI=1S/C17H21N3O4S/c1-11(2)6-7-24-13-5-3-4-12(8-13)10-18-20-17-19-16(23)14(25-17)9-15(21)22/h3-5,8,10-11,14H,6-7,9H2,1-2H3,(H,21,22)(H,19,20,23). The van der Waals surface area contributed by atoms with E-state index in [-0.39, 0.29) is 12.3 Å². The fraction of sp³-hybridized carbons (Fsp3) is 0.412. The van der Waals surface area contributed by atoms with Crippen LogP contribution in [-0.2, 0) is 9.59 Å². The Hall–Kier alpha value is -2.35. The third-order valence-corrected chi connectivity index (χ3v) is 4.39. The fourth-order valence-electron chi connectivity index (χ4n) is 1.99. The van der Waals surface area contributed by atoms with Gasteiger partial charge in [0.15, 0.2) is 5.17 Å². The third kappa shape index (κ3) is 6.58. The number of ether oxygens (including phenoxy) is 1. The van der Waals surface area contributed by atoms with Crippen LogP contribution in [0.4, 0.5) is 0 Å². The number of nitrogens with zero attached hydrogens (tertiary/aromatic N) is 2. The molecule has 1 aliphatic rings. The van der Waals surface area contributed by atoms with Crippen LogP contribution < -0.4 is 10.1 Å². The average Bonchev–Trinajstić information content (AvgIpc) is 2.86. The number of amides is 1. The number of thioether (sulfide) groups is 1. The topological polar surface area (TPSA) is 100 Å². The van der Waals surface area contributed by atoms with Gasteiger partial charge in [-0.3, -0.25) is 9.59 Å². The predicted molar refractivity (Wildman–Crippen MR) is 98.2 cm³/mol. The molecule has 0 aliphatic carbocycles. The first-order chi connectivity index (χ1) is 11.9. The van der Waals surface area contributed by atoms with Gasteiger partial charge in [-0.1, -0.05) is 37.7 Å². The van der Waals surface area contributed by atoms with Crippen LogP contribution in [0, 0.1) is 5.92 Å². The number of amidine groups is 1. The monoisotopic (exact) mass is 363 g/mol. The smallest absolute Gasteiger partial charge is 0.305 e. The first kappa shape index (κ1) is 19.0. The van der Waals surface area contributed by atoms with Crippen LogP contribution in [0.3, 0.4) is 0 Å². The van der Waals surface area contributed by atoms with Gasteiger partial charge in [0, 0.05) is 0 Å². The van der Waals surface area contributed by atoms with Crippen molar-refractivity contribution in [1.29, 1.82) is 0 Å². The van der Waals surface area contributed by atoms with Crippen molar-refractivity contribution in [3.05, 3.63) is 29.8 Å². The molecule has 25 heavy (non-hydrogen) atoms. The lowest BCUT2D eigenvalue weighted by molar-refractivity contribution is -0.138. The lowest BCUT2D eigenvalue weighted by atomic mass is 10.1. The van der Waals surface area contributed by atoms with Crippen LogP contribution in [0.2, 0.25) is 0 Å². The highest BCUT2D eigenvalue weighted by Crippen LogP contribution is 2.22. The number of nitrogens with one attached hydrogen (secondary N) is 1. The zero-order chi connectivity index (χ0) is 18.2. The van der Waals surface area contributed by atoms with E-state index in [4.69, 9.17) is 9.84 Å². The Morgan fingerprint density at radius 3 is 3.00 bits per heavy atom. The van der Waals surface area contributed by atoms with Gasteiger partial charge in [0.05, 0.1) is 19.2 Å². The maximum absolute atomic E-state index is 11.6. The minimum absolute atomic E-state index is 0.241. The second-order valence-corrected chi connectivity index (χ2v) is 7.14. The number of carboxylic acids is 1. The highest BCUT2D eigenvalue weighted by atomic mass is 32.2. The van der Waals surface area contributed by atoms with Crippen LogP contribution >= 0.6 is 11.8 Å². The van der Waals surface area contributed by atoms with Gasteiger partial charge >= 0.3 is 5.97 Å². The number of hydrogen-bond acceptors (Lipinski definition) is 6. The minimum Gasteiger partial charge on any atom is -0.494 e. The molecule has 0 bridgehead atoms. The normalized spacial score (nSPS) is 18.9. The molecule has 1 atom stereocenters. The summed E-state index contributed by atoms with van der Waals surface area (Å²) in [4.78, 5) is 22.3. The first-order valence-electron chi connectivity index (χ1n) is 7.97. The molecule has 2 N–H and O–H groups in total. The largest absolute Gasteiger partial charge is 0.494 e. The molecule has 0 saturated carbocycles. The lowest BCUT2D eigenvalue weighted by Crippen LogP contribution is -2.26. The summed E-state index contributed by atoms with van der Waals surface area (Å²) in [7, 11) is 0. The molecule has 2 rings (SSSR count). The number of rotatable bonds is 8. The Morgan fingerprint density at radius 2 is 2.28 bits per heavy atom. The molecular formula is C17H21N3O4S. The molecule has 1 amide bonds. The molecule has 8 heteroatoms.